The zero-order valence-corrected chi connectivity index (χ0v) is 24.8. The van der Waals surface area contributed by atoms with Gasteiger partial charge in [0.05, 0.1) is 12.5 Å². The van der Waals surface area contributed by atoms with E-state index in [2.05, 4.69) is 25.9 Å². The third-order valence-corrected chi connectivity index (χ3v) is 7.03. The fraction of sp³-hybridized carbons (Fsp3) is 0.333. The minimum atomic E-state index is -1.46. The number of guanidine groups is 1. The molecule has 4 atom stereocenters. The molecule has 0 aliphatic rings. The SMILES string of the molecule is NC(N)=NCCCC(NC(=O)C(Cc1c[nH]c2ccccc12)NC(=O)C(Cc1ccc(O)cc1)NC(=O)C(N)CC(=O)O)C(=O)O. The van der Waals surface area contributed by atoms with Crippen LogP contribution in [0.5, 0.6) is 5.75 Å². The second-order valence-electron chi connectivity index (χ2n) is 10.6. The number of carbonyl (C=O) groups excluding carboxylic acids is 3. The van der Waals surface area contributed by atoms with E-state index in [0.717, 1.165) is 10.9 Å². The Morgan fingerprint density at radius 3 is 2.07 bits per heavy atom. The van der Waals surface area contributed by atoms with Crippen LogP contribution in [-0.4, -0.2) is 86.6 Å². The number of aliphatic imine (C=N–C) groups is 1. The van der Waals surface area contributed by atoms with Crippen molar-refractivity contribution in [2.75, 3.05) is 6.54 Å². The largest absolute Gasteiger partial charge is 0.508 e. The maximum Gasteiger partial charge on any atom is 0.326 e. The Morgan fingerprint density at radius 2 is 1.43 bits per heavy atom. The Hall–Kier alpha value is -5.64. The van der Waals surface area contributed by atoms with Gasteiger partial charge in [-0.1, -0.05) is 30.3 Å². The smallest absolute Gasteiger partial charge is 0.326 e. The van der Waals surface area contributed by atoms with Gasteiger partial charge in [0.2, 0.25) is 17.7 Å². The molecule has 1 heterocycles. The molecule has 0 aliphatic heterocycles. The lowest BCUT2D eigenvalue weighted by atomic mass is 10.0. The average molecular weight is 639 g/mol. The predicted octanol–water partition coefficient (Wildman–Crippen LogP) is -0.947. The van der Waals surface area contributed by atoms with Crippen molar-refractivity contribution in [3.8, 4) is 5.75 Å². The normalized spacial score (nSPS) is 13.5. The van der Waals surface area contributed by atoms with Crippen molar-refractivity contribution in [2.24, 2.45) is 22.2 Å². The molecule has 3 rings (SSSR count). The summed E-state index contributed by atoms with van der Waals surface area (Å²) in [6, 6.07) is 7.65. The fourth-order valence-electron chi connectivity index (χ4n) is 4.67. The van der Waals surface area contributed by atoms with Crippen LogP contribution in [0.1, 0.15) is 30.4 Å². The minimum absolute atomic E-state index is 0.00734. The first-order chi connectivity index (χ1) is 21.8. The number of aromatic nitrogens is 1. The van der Waals surface area contributed by atoms with Gasteiger partial charge in [0.15, 0.2) is 5.96 Å². The molecule has 2 aromatic carbocycles. The Kier molecular flexibility index (Phi) is 12.5. The molecule has 0 saturated heterocycles. The highest BCUT2D eigenvalue weighted by Crippen LogP contribution is 2.20. The number of benzene rings is 2. The lowest BCUT2D eigenvalue weighted by Crippen LogP contribution is -2.58. The molecule has 3 aromatic rings. The topological polar surface area (TPSA) is 288 Å². The summed E-state index contributed by atoms with van der Waals surface area (Å²) in [6.07, 6.45) is 1.05. The van der Waals surface area contributed by atoms with Gasteiger partial charge in [-0.3, -0.25) is 24.2 Å². The highest BCUT2D eigenvalue weighted by Gasteiger charge is 2.31. The average Bonchev–Trinajstić information content (AvgIpc) is 3.40. The van der Waals surface area contributed by atoms with Crippen molar-refractivity contribution >= 4 is 46.5 Å². The molecule has 1 aromatic heterocycles. The number of phenols is 1. The van der Waals surface area contributed by atoms with Gasteiger partial charge in [0.25, 0.3) is 0 Å². The number of aromatic hydroxyl groups is 1. The Bertz CT molecular complexity index is 1570. The summed E-state index contributed by atoms with van der Waals surface area (Å²) >= 11 is 0. The van der Waals surface area contributed by atoms with Crippen LogP contribution in [0.25, 0.3) is 10.9 Å². The number of amides is 3. The summed E-state index contributed by atoms with van der Waals surface area (Å²) < 4.78 is 0. The molecule has 16 heteroatoms. The van der Waals surface area contributed by atoms with Gasteiger partial charge in [0, 0.05) is 36.5 Å². The van der Waals surface area contributed by atoms with Crippen molar-refractivity contribution in [2.45, 2.75) is 56.3 Å². The minimum Gasteiger partial charge on any atom is -0.508 e. The lowest BCUT2D eigenvalue weighted by Gasteiger charge is -2.25. The van der Waals surface area contributed by atoms with Crippen LogP contribution in [-0.2, 0) is 36.8 Å². The van der Waals surface area contributed by atoms with Crippen LogP contribution >= 0.6 is 0 Å². The number of phenolic OH excluding ortho intramolecular Hbond substituents is 1. The molecule has 0 spiro atoms. The van der Waals surface area contributed by atoms with Crippen molar-refractivity contribution < 1.29 is 39.3 Å². The molecule has 46 heavy (non-hydrogen) atoms. The Labute approximate surface area is 263 Å². The molecule has 4 unspecified atom stereocenters. The van der Waals surface area contributed by atoms with E-state index >= 15 is 0 Å². The van der Waals surface area contributed by atoms with Crippen molar-refractivity contribution in [3.63, 3.8) is 0 Å². The number of para-hydroxylation sites is 1. The number of carbonyl (C=O) groups is 5. The van der Waals surface area contributed by atoms with Crippen LogP contribution in [0.3, 0.4) is 0 Å². The number of fused-ring (bicyclic) bond motifs is 1. The summed E-state index contributed by atoms with van der Waals surface area (Å²) in [7, 11) is 0. The summed E-state index contributed by atoms with van der Waals surface area (Å²) in [4.78, 5) is 70.1. The van der Waals surface area contributed by atoms with E-state index < -0.39 is 60.2 Å². The number of carboxylic acids is 2. The Morgan fingerprint density at radius 1 is 0.826 bits per heavy atom. The van der Waals surface area contributed by atoms with Crippen molar-refractivity contribution in [1.82, 2.24) is 20.9 Å². The number of nitrogens with one attached hydrogen (secondary N) is 4. The maximum atomic E-state index is 13.7. The second-order valence-corrected chi connectivity index (χ2v) is 10.6. The van der Waals surface area contributed by atoms with Crippen LogP contribution in [0.2, 0.25) is 0 Å². The van der Waals surface area contributed by atoms with E-state index in [-0.39, 0.29) is 43.9 Å². The van der Waals surface area contributed by atoms with Gasteiger partial charge in [-0.15, -0.1) is 0 Å². The maximum absolute atomic E-state index is 13.7. The molecule has 0 bridgehead atoms. The number of carboxylic acid groups (broad SMARTS) is 2. The van der Waals surface area contributed by atoms with E-state index in [4.69, 9.17) is 22.3 Å². The first kappa shape index (κ1) is 34.8. The second kappa shape index (κ2) is 16.4. The summed E-state index contributed by atoms with van der Waals surface area (Å²) in [5, 5.41) is 36.8. The zero-order valence-electron chi connectivity index (χ0n) is 24.8. The molecule has 0 radical (unpaired) electrons. The number of aliphatic carboxylic acids is 2. The summed E-state index contributed by atoms with van der Waals surface area (Å²) in [5.74, 6) is -5.34. The van der Waals surface area contributed by atoms with Gasteiger partial charge in [-0.2, -0.15) is 0 Å². The predicted molar refractivity (Wildman–Crippen MR) is 167 cm³/mol. The van der Waals surface area contributed by atoms with Crippen LogP contribution in [0, 0.1) is 0 Å². The number of H-pyrrole nitrogens is 1. The quantitative estimate of drug-likeness (QED) is 0.0488. The van der Waals surface area contributed by atoms with E-state index in [0.29, 0.717) is 11.1 Å². The molecule has 16 nitrogen and oxygen atoms in total. The summed E-state index contributed by atoms with van der Waals surface area (Å²) in [5.41, 5.74) is 18.3. The number of hydrogen-bond acceptors (Lipinski definition) is 8. The van der Waals surface area contributed by atoms with Crippen LogP contribution in [0.4, 0.5) is 0 Å². The molecular formula is C30H38N8O8. The first-order valence-electron chi connectivity index (χ1n) is 14.3. The van der Waals surface area contributed by atoms with Crippen molar-refractivity contribution in [3.05, 3.63) is 65.9 Å². The Balaban J connectivity index is 1.89. The highest BCUT2D eigenvalue weighted by atomic mass is 16.4. The molecule has 0 saturated carbocycles. The number of hydrogen-bond donors (Lipinski definition) is 10. The van der Waals surface area contributed by atoms with E-state index in [1.165, 1.54) is 24.3 Å². The van der Waals surface area contributed by atoms with Gasteiger partial charge in [0.1, 0.15) is 23.9 Å². The van der Waals surface area contributed by atoms with Gasteiger partial charge in [-0.25, -0.2) is 4.79 Å². The zero-order chi connectivity index (χ0) is 33.8. The fourth-order valence-corrected chi connectivity index (χ4v) is 4.67. The number of aromatic amines is 1. The molecule has 246 valence electrons. The number of nitrogens with zero attached hydrogens (tertiary/aromatic N) is 1. The highest BCUT2D eigenvalue weighted by molar-refractivity contribution is 5.95. The van der Waals surface area contributed by atoms with Crippen molar-refractivity contribution in [1.29, 1.82) is 0 Å². The number of nitrogens with two attached hydrogens (primary N) is 3. The van der Waals surface area contributed by atoms with Crippen LogP contribution < -0.4 is 33.2 Å². The third kappa shape index (κ3) is 10.5. The van der Waals surface area contributed by atoms with E-state index in [9.17, 15) is 34.2 Å². The van der Waals surface area contributed by atoms with Gasteiger partial charge in [-0.05, 0) is 42.2 Å². The van der Waals surface area contributed by atoms with Gasteiger partial charge >= 0.3 is 11.9 Å². The molecule has 0 aliphatic carbocycles. The molecular weight excluding hydrogens is 600 g/mol. The van der Waals surface area contributed by atoms with Gasteiger partial charge < -0.3 is 53.5 Å². The molecule has 3 amide bonds. The standard InChI is InChI=1S/C30H38N8O8/c31-20(14-25(40)41)26(42)37-23(12-16-7-9-18(39)10-8-16)27(43)38-24(13-17-15-35-21-5-2-1-4-19(17)21)28(44)36-22(29(45)46)6-3-11-34-30(32)33/h1-2,4-5,7-10,15,20,22-24,35,39H,3,6,11-14,31H2,(H,36,44)(H,37,42)(H,38,43)(H,40,41)(H,45,46)(H4,32,33,34). The lowest BCUT2D eigenvalue weighted by molar-refractivity contribution is -0.142. The molecule has 0 fully saturated rings. The molecule has 13 N–H and O–H groups in total. The third-order valence-electron chi connectivity index (χ3n) is 7.03. The first-order valence-corrected chi connectivity index (χ1v) is 14.3. The number of rotatable bonds is 17. The van der Waals surface area contributed by atoms with E-state index in [1.807, 2.05) is 18.2 Å². The van der Waals surface area contributed by atoms with Crippen LogP contribution in [0.15, 0.2) is 59.7 Å². The van der Waals surface area contributed by atoms with E-state index in [1.54, 1.807) is 12.3 Å². The summed E-state index contributed by atoms with van der Waals surface area (Å²) in [6.45, 7) is 0.139. The monoisotopic (exact) mass is 638 g/mol.